The second kappa shape index (κ2) is 11.4. The van der Waals surface area contributed by atoms with Crippen LogP contribution in [0.25, 0.3) is 0 Å². The molecule has 0 atom stereocenters. The number of ether oxygens (including phenoxy) is 1. The van der Waals surface area contributed by atoms with Gasteiger partial charge in [0.05, 0.1) is 18.4 Å². The van der Waals surface area contributed by atoms with Crippen LogP contribution in [-0.2, 0) is 14.3 Å². The minimum absolute atomic E-state index is 0.137. The van der Waals surface area contributed by atoms with Crippen LogP contribution in [0.3, 0.4) is 0 Å². The molecule has 1 aromatic carbocycles. The highest BCUT2D eigenvalue weighted by atomic mass is 79.9. The molecule has 7 heteroatoms. The number of hydrogen-bond acceptors (Lipinski definition) is 4. The fraction of sp³-hybridized carbons (Fsp3) is 0.348. The predicted molar refractivity (Wildman–Crippen MR) is 124 cm³/mol. The molecule has 0 aliphatic rings. The average Bonchev–Trinajstić information content (AvgIpc) is 2.77. The lowest BCUT2D eigenvalue weighted by Gasteiger charge is -2.25. The SMILES string of the molecule is C=[N+]=C(c1ccccn1)c1cc(Br)ccc1N(CC(=O)OC)C(=O)CC(CC)CC. The van der Waals surface area contributed by atoms with Crippen molar-refractivity contribution < 1.29 is 14.3 Å². The van der Waals surface area contributed by atoms with E-state index in [1.165, 1.54) is 12.0 Å². The number of hydrogen-bond donors (Lipinski definition) is 0. The second-order valence-electron chi connectivity index (χ2n) is 6.83. The fourth-order valence-corrected chi connectivity index (χ4v) is 3.54. The molecule has 6 nitrogen and oxygen atoms in total. The Hall–Kier alpha value is -2.76. The van der Waals surface area contributed by atoms with Crippen LogP contribution in [-0.4, -0.2) is 42.9 Å². The maximum absolute atomic E-state index is 13.2. The zero-order valence-corrected chi connectivity index (χ0v) is 19.2. The Bertz CT molecular complexity index is 936. The number of esters is 1. The molecule has 0 bridgehead atoms. The van der Waals surface area contributed by atoms with E-state index < -0.39 is 5.97 Å². The van der Waals surface area contributed by atoms with E-state index in [2.05, 4.69) is 46.1 Å². The molecule has 158 valence electrons. The molecule has 2 aromatic rings. The standard InChI is InChI=1S/C23H27BrN3O3/c1-5-16(6-2)13-21(28)27(15-22(29)30-4)20-11-10-17(24)14-18(20)23(25-3)19-9-7-8-12-26-19/h7-12,14,16H,3,5-6,13,15H2,1-2,4H3/q+1. The van der Waals surface area contributed by atoms with E-state index in [-0.39, 0.29) is 18.4 Å². The van der Waals surface area contributed by atoms with Gasteiger partial charge in [0, 0.05) is 17.1 Å². The third-order valence-electron chi connectivity index (χ3n) is 5.00. The highest BCUT2D eigenvalue weighted by molar-refractivity contribution is 9.10. The first kappa shape index (κ1) is 23.5. The van der Waals surface area contributed by atoms with Crippen molar-refractivity contribution in [3.63, 3.8) is 0 Å². The van der Waals surface area contributed by atoms with Crippen molar-refractivity contribution in [2.24, 2.45) is 5.92 Å². The Labute approximate surface area is 185 Å². The zero-order chi connectivity index (χ0) is 22.1. The van der Waals surface area contributed by atoms with Crippen LogP contribution >= 0.6 is 15.9 Å². The number of amides is 1. The summed E-state index contributed by atoms with van der Waals surface area (Å²) in [6.07, 6.45) is 3.80. The number of halogens is 1. The van der Waals surface area contributed by atoms with E-state index >= 15 is 0 Å². The Morgan fingerprint density at radius 3 is 2.53 bits per heavy atom. The Morgan fingerprint density at radius 1 is 1.23 bits per heavy atom. The van der Waals surface area contributed by atoms with Gasteiger partial charge < -0.3 is 9.64 Å². The minimum Gasteiger partial charge on any atom is -0.468 e. The molecule has 0 aliphatic carbocycles. The average molecular weight is 473 g/mol. The monoisotopic (exact) mass is 472 g/mol. The largest absolute Gasteiger partial charge is 0.468 e. The zero-order valence-electron chi connectivity index (χ0n) is 17.6. The summed E-state index contributed by atoms with van der Waals surface area (Å²) in [5.74, 6) is -0.386. The number of rotatable bonds is 9. The van der Waals surface area contributed by atoms with Crippen LogP contribution in [0.15, 0.2) is 47.1 Å². The van der Waals surface area contributed by atoms with Gasteiger partial charge in [0.15, 0.2) is 5.69 Å². The maximum atomic E-state index is 13.2. The van der Waals surface area contributed by atoms with Crippen molar-refractivity contribution in [3.05, 3.63) is 58.3 Å². The quantitative estimate of drug-likeness (QED) is 0.316. The molecule has 0 spiro atoms. The van der Waals surface area contributed by atoms with Gasteiger partial charge in [-0.25, -0.2) is 4.98 Å². The molecule has 0 aliphatic heterocycles. The number of methoxy groups -OCH3 is 1. The molecule has 0 N–H and O–H groups in total. The first-order valence-corrected chi connectivity index (χ1v) is 10.7. The van der Waals surface area contributed by atoms with Crippen LogP contribution in [0.1, 0.15) is 44.4 Å². The molecule has 1 aromatic heterocycles. The highest BCUT2D eigenvalue weighted by Gasteiger charge is 2.29. The van der Waals surface area contributed by atoms with Gasteiger partial charge >= 0.3 is 11.7 Å². The van der Waals surface area contributed by atoms with Gasteiger partial charge in [-0.2, -0.15) is 0 Å². The summed E-state index contributed by atoms with van der Waals surface area (Å²) in [5.41, 5.74) is 2.36. The normalized spacial score (nSPS) is 10.4. The van der Waals surface area contributed by atoms with Crippen LogP contribution in [0, 0.1) is 5.92 Å². The molecule has 0 saturated heterocycles. The molecule has 0 fully saturated rings. The lowest BCUT2D eigenvalue weighted by molar-refractivity contribution is -0.140. The van der Waals surface area contributed by atoms with Gasteiger partial charge in [0.1, 0.15) is 6.54 Å². The van der Waals surface area contributed by atoms with E-state index in [1.807, 2.05) is 30.3 Å². The summed E-state index contributed by atoms with van der Waals surface area (Å²) in [5, 5.41) is 0. The van der Waals surface area contributed by atoms with Crippen molar-refractivity contribution in [3.8, 4) is 0 Å². The van der Waals surface area contributed by atoms with Crippen LogP contribution in [0.4, 0.5) is 5.69 Å². The molecule has 0 unspecified atom stereocenters. The maximum Gasteiger partial charge on any atom is 0.360 e. The number of carbonyl (C=O) groups is 2. The topological polar surface area (TPSA) is 73.6 Å². The first-order valence-electron chi connectivity index (χ1n) is 9.87. The van der Waals surface area contributed by atoms with E-state index in [0.29, 0.717) is 29.1 Å². The third kappa shape index (κ3) is 5.88. The molecule has 0 saturated carbocycles. The minimum atomic E-state index is -0.493. The van der Waals surface area contributed by atoms with E-state index in [1.54, 1.807) is 12.3 Å². The summed E-state index contributed by atoms with van der Waals surface area (Å²) < 4.78 is 9.85. The van der Waals surface area contributed by atoms with E-state index in [0.717, 1.165) is 17.3 Å². The van der Waals surface area contributed by atoms with Crippen LogP contribution in [0.2, 0.25) is 0 Å². The molecule has 0 radical (unpaired) electrons. The van der Waals surface area contributed by atoms with Crippen LogP contribution < -0.4 is 9.57 Å². The Morgan fingerprint density at radius 2 is 1.97 bits per heavy atom. The molecule has 1 heterocycles. The van der Waals surface area contributed by atoms with E-state index in [4.69, 9.17) is 4.74 Å². The van der Waals surface area contributed by atoms with Crippen molar-refractivity contribution in [1.82, 2.24) is 9.65 Å². The molecular weight excluding hydrogens is 446 g/mol. The van der Waals surface area contributed by atoms with Gasteiger partial charge in [-0.05, 0) is 36.2 Å². The van der Waals surface area contributed by atoms with Gasteiger partial charge in [0.2, 0.25) is 5.91 Å². The molecule has 30 heavy (non-hydrogen) atoms. The van der Waals surface area contributed by atoms with Crippen molar-refractivity contribution in [1.29, 1.82) is 0 Å². The summed E-state index contributed by atoms with van der Waals surface area (Å²) in [6, 6.07) is 11.0. The van der Waals surface area contributed by atoms with Gasteiger partial charge in [-0.15, -0.1) is 0 Å². The van der Waals surface area contributed by atoms with Crippen molar-refractivity contribution in [2.75, 3.05) is 18.6 Å². The fourth-order valence-electron chi connectivity index (χ4n) is 3.18. The van der Waals surface area contributed by atoms with E-state index in [9.17, 15) is 9.59 Å². The predicted octanol–water partition coefficient (Wildman–Crippen LogP) is 3.78. The summed E-state index contributed by atoms with van der Waals surface area (Å²) >= 11 is 3.49. The molecule has 1 amide bonds. The first-order chi connectivity index (χ1) is 14.4. The summed E-state index contributed by atoms with van der Waals surface area (Å²) in [7, 11) is 1.31. The van der Waals surface area contributed by atoms with Gasteiger partial charge in [-0.1, -0.05) is 53.4 Å². The summed E-state index contributed by atoms with van der Waals surface area (Å²) in [4.78, 5) is 31.2. The number of nitrogens with zero attached hydrogens (tertiary/aromatic N) is 3. The number of anilines is 1. The van der Waals surface area contributed by atoms with Crippen molar-refractivity contribution in [2.45, 2.75) is 33.1 Å². The lowest BCUT2D eigenvalue weighted by atomic mass is 9.97. The number of benzene rings is 1. The Balaban J connectivity index is 2.59. The van der Waals surface area contributed by atoms with Crippen molar-refractivity contribution >= 4 is 45.9 Å². The number of pyridine rings is 1. The molecule has 2 rings (SSSR count). The molecular formula is C23H27BrN3O3+. The van der Waals surface area contributed by atoms with Gasteiger partial charge in [-0.3, -0.25) is 9.59 Å². The third-order valence-corrected chi connectivity index (χ3v) is 5.50. The Kier molecular flexibility index (Phi) is 8.96. The van der Waals surface area contributed by atoms with Crippen LogP contribution in [0.5, 0.6) is 0 Å². The number of aromatic nitrogens is 1. The highest BCUT2D eigenvalue weighted by Crippen LogP contribution is 2.28. The second-order valence-corrected chi connectivity index (χ2v) is 7.74. The summed E-state index contributed by atoms with van der Waals surface area (Å²) in [6.45, 7) is 7.64. The van der Waals surface area contributed by atoms with Gasteiger partial charge in [0.25, 0.3) is 6.72 Å². The lowest BCUT2D eigenvalue weighted by Crippen LogP contribution is -2.38. The number of carbonyl (C=O) groups excluding carboxylic acids is 2. The smallest absolute Gasteiger partial charge is 0.360 e.